The van der Waals surface area contributed by atoms with E-state index < -0.39 is 6.09 Å². The predicted molar refractivity (Wildman–Crippen MR) is 56.3 cm³/mol. The molecule has 1 amide bonds. The smallest absolute Gasteiger partial charge is 0.404 e. The Labute approximate surface area is 83.7 Å². The monoisotopic (exact) mass is 196 g/mol. The highest BCUT2D eigenvalue weighted by Crippen LogP contribution is 1.92. The minimum Gasteiger partial charge on any atom is -0.465 e. The normalized spacial score (nSPS) is 8.43. The zero-order chi connectivity index (χ0) is 10.8. The van der Waals surface area contributed by atoms with E-state index in [2.05, 4.69) is 24.4 Å². The maximum absolute atomic E-state index is 9.59. The molecule has 0 bridgehead atoms. The van der Waals surface area contributed by atoms with E-state index in [0.29, 0.717) is 13.1 Å². The SMILES string of the molecule is Cc1ccccc1.NCCNC(=O)O. The van der Waals surface area contributed by atoms with Gasteiger partial charge in [-0.05, 0) is 6.92 Å². The summed E-state index contributed by atoms with van der Waals surface area (Å²) in [5, 5.41) is 9.96. The average Bonchev–Trinajstić information content (AvgIpc) is 2.17. The van der Waals surface area contributed by atoms with Gasteiger partial charge in [0.15, 0.2) is 0 Å². The van der Waals surface area contributed by atoms with Gasteiger partial charge in [0.1, 0.15) is 0 Å². The van der Waals surface area contributed by atoms with Crippen LogP contribution in [-0.4, -0.2) is 24.3 Å². The lowest BCUT2D eigenvalue weighted by Crippen LogP contribution is -2.27. The van der Waals surface area contributed by atoms with Crippen LogP contribution in [0.2, 0.25) is 0 Å². The fraction of sp³-hybridized carbons (Fsp3) is 0.300. The van der Waals surface area contributed by atoms with Crippen molar-refractivity contribution in [1.82, 2.24) is 5.32 Å². The summed E-state index contributed by atoms with van der Waals surface area (Å²) in [7, 11) is 0. The van der Waals surface area contributed by atoms with Gasteiger partial charge in [-0.2, -0.15) is 0 Å². The van der Waals surface area contributed by atoms with Crippen LogP contribution in [0.25, 0.3) is 0 Å². The van der Waals surface area contributed by atoms with Crippen molar-refractivity contribution in [2.24, 2.45) is 5.73 Å². The highest BCUT2D eigenvalue weighted by atomic mass is 16.4. The lowest BCUT2D eigenvalue weighted by Gasteiger charge is -1.92. The first-order valence-corrected chi connectivity index (χ1v) is 4.35. The van der Waals surface area contributed by atoms with Crippen LogP contribution in [0.1, 0.15) is 5.56 Å². The molecule has 4 N–H and O–H groups in total. The lowest BCUT2D eigenvalue weighted by atomic mass is 10.2. The predicted octanol–water partition coefficient (Wildman–Crippen LogP) is 1.21. The lowest BCUT2D eigenvalue weighted by molar-refractivity contribution is 0.195. The second-order valence-electron chi connectivity index (χ2n) is 2.68. The molecule has 0 saturated heterocycles. The first-order valence-electron chi connectivity index (χ1n) is 4.35. The summed E-state index contributed by atoms with van der Waals surface area (Å²) < 4.78 is 0. The van der Waals surface area contributed by atoms with E-state index >= 15 is 0 Å². The summed E-state index contributed by atoms with van der Waals surface area (Å²) in [5.74, 6) is 0. The van der Waals surface area contributed by atoms with E-state index in [0.717, 1.165) is 0 Å². The van der Waals surface area contributed by atoms with Crippen LogP contribution in [0, 0.1) is 6.92 Å². The molecule has 0 atom stereocenters. The van der Waals surface area contributed by atoms with Crippen LogP contribution < -0.4 is 11.1 Å². The van der Waals surface area contributed by atoms with Gasteiger partial charge >= 0.3 is 6.09 Å². The number of carbonyl (C=O) groups is 1. The summed E-state index contributed by atoms with van der Waals surface area (Å²) in [6.07, 6.45) is -1.02. The Morgan fingerprint density at radius 3 is 2.21 bits per heavy atom. The summed E-state index contributed by atoms with van der Waals surface area (Å²) in [5.41, 5.74) is 6.27. The molecule has 78 valence electrons. The number of amides is 1. The first-order chi connectivity index (χ1) is 6.66. The van der Waals surface area contributed by atoms with E-state index in [1.807, 2.05) is 18.2 Å². The molecule has 4 heteroatoms. The quantitative estimate of drug-likeness (QED) is 0.665. The number of hydrogen-bond acceptors (Lipinski definition) is 2. The maximum Gasteiger partial charge on any atom is 0.404 e. The number of aryl methyl sites for hydroxylation is 1. The van der Waals surface area contributed by atoms with Crippen LogP contribution >= 0.6 is 0 Å². The largest absolute Gasteiger partial charge is 0.465 e. The number of benzene rings is 1. The Bertz CT molecular complexity index is 250. The molecule has 14 heavy (non-hydrogen) atoms. The Kier molecular flexibility index (Phi) is 7.17. The number of hydrogen-bond donors (Lipinski definition) is 3. The molecular formula is C10H16N2O2. The highest BCUT2D eigenvalue weighted by Gasteiger charge is 1.86. The minimum absolute atomic E-state index is 0.329. The van der Waals surface area contributed by atoms with Crippen molar-refractivity contribution in [2.45, 2.75) is 6.92 Å². The van der Waals surface area contributed by atoms with Crippen molar-refractivity contribution in [3.63, 3.8) is 0 Å². The van der Waals surface area contributed by atoms with Gasteiger partial charge in [0.2, 0.25) is 0 Å². The van der Waals surface area contributed by atoms with Crippen molar-refractivity contribution in [2.75, 3.05) is 13.1 Å². The molecule has 0 aliphatic carbocycles. The Morgan fingerprint density at radius 1 is 1.43 bits per heavy atom. The van der Waals surface area contributed by atoms with E-state index in [-0.39, 0.29) is 0 Å². The molecule has 1 aromatic rings. The van der Waals surface area contributed by atoms with Crippen molar-refractivity contribution in [3.05, 3.63) is 35.9 Å². The van der Waals surface area contributed by atoms with Gasteiger partial charge in [0.05, 0.1) is 0 Å². The van der Waals surface area contributed by atoms with E-state index in [1.54, 1.807) is 0 Å². The Morgan fingerprint density at radius 2 is 2.00 bits per heavy atom. The van der Waals surface area contributed by atoms with Gasteiger partial charge in [0.25, 0.3) is 0 Å². The van der Waals surface area contributed by atoms with Crippen molar-refractivity contribution in [1.29, 1.82) is 0 Å². The fourth-order valence-electron chi connectivity index (χ4n) is 0.713. The van der Waals surface area contributed by atoms with Gasteiger partial charge in [-0.3, -0.25) is 0 Å². The molecule has 0 spiro atoms. The molecule has 0 saturated carbocycles. The summed E-state index contributed by atoms with van der Waals surface area (Å²) >= 11 is 0. The molecule has 0 fully saturated rings. The molecule has 0 aliphatic rings. The Hall–Kier alpha value is -1.55. The van der Waals surface area contributed by atoms with Gasteiger partial charge in [-0.25, -0.2) is 4.79 Å². The van der Waals surface area contributed by atoms with Crippen LogP contribution in [0.4, 0.5) is 4.79 Å². The summed E-state index contributed by atoms with van der Waals surface area (Å²) in [6, 6.07) is 10.3. The van der Waals surface area contributed by atoms with Gasteiger partial charge in [0, 0.05) is 13.1 Å². The number of nitrogens with one attached hydrogen (secondary N) is 1. The molecule has 0 heterocycles. The van der Waals surface area contributed by atoms with Gasteiger partial charge < -0.3 is 16.2 Å². The summed E-state index contributed by atoms with van der Waals surface area (Å²) in [6.45, 7) is 2.77. The van der Waals surface area contributed by atoms with Crippen molar-refractivity contribution < 1.29 is 9.90 Å². The highest BCUT2D eigenvalue weighted by molar-refractivity contribution is 5.64. The van der Waals surface area contributed by atoms with Gasteiger partial charge in [-0.1, -0.05) is 35.9 Å². The standard InChI is InChI=1S/C7H8.C3H8N2O2/c1-7-5-3-2-4-6-7;4-1-2-5-3(6)7/h2-6H,1H3;5H,1-2,4H2,(H,6,7). The molecular weight excluding hydrogens is 180 g/mol. The number of nitrogens with two attached hydrogens (primary N) is 1. The third kappa shape index (κ3) is 8.55. The average molecular weight is 196 g/mol. The van der Waals surface area contributed by atoms with E-state index in [9.17, 15) is 4.79 Å². The zero-order valence-corrected chi connectivity index (χ0v) is 8.23. The van der Waals surface area contributed by atoms with Crippen molar-refractivity contribution >= 4 is 6.09 Å². The molecule has 1 aromatic carbocycles. The molecule has 4 nitrogen and oxygen atoms in total. The summed E-state index contributed by atoms with van der Waals surface area (Å²) in [4.78, 5) is 9.59. The third-order valence-electron chi connectivity index (χ3n) is 1.36. The second-order valence-corrected chi connectivity index (χ2v) is 2.68. The van der Waals surface area contributed by atoms with E-state index in [4.69, 9.17) is 10.8 Å². The third-order valence-corrected chi connectivity index (χ3v) is 1.36. The Balaban J connectivity index is 0.000000241. The fourth-order valence-corrected chi connectivity index (χ4v) is 0.713. The zero-order valence-electron chi connectivity index (χ0n) is 8.23. The molecule has 0 aliphatic heterocycles. The minimum atomic E-state index is -1.02. The van der Waals surface area contributed by atoms with Crippen LogP contribution in [0.5, 0.6) is 0 Å². The molecule has 0 unspecified atom stereocenters. The molecule has 1 rings (SSSR count). The van der Waals surface area contributed by atoms with Crippen molar-refractivity contribution in [3.8, 4) is 0 Å². The number of carboxylic acid groups (broad SMARTS) is 1. The maximum atomic E-state index is 9.59. The number of rotatable bonds is 2. The van der Waals surface area contributed by atoms with E-state index in [1.165, 1.54) is 5.56 Å². The first kappa shape index (κ1) is 12.4. The molecule has 0 aromatic heterocycles. The van der Waals surface area contributed by atoms with Crippen LogP contribution in [0.3, 0.4) is 0 Å². The molecule has 0 radical (unpaired) electrons. The van der Waals surface area contributed by atoms with Crippen LogP contribution in [0.15, 0.2) is 30.3 Å². The van der Waals surface area contributed by atoms with Gasteiger partial charge in [-0.15, -0.1) is 0 Å². The van der Waals surface area contributed by atoms with Crippen LogP contribution in [-0.2, 0) is 0 Å². The second kappa shape index (κ2) is 8.07. The topological polar surface area (TPSA) is 75.3 Å².